The number of fused-ring (bicyclic) bond motifs is 5. The highest BCUT2D eigenvalue weighted by atomic mass is 16.6. The number of carbonyl (C=O) groups is 2. The van der Waals surface area contributed by atoms with Gasteiger partial charge in [0.15, 0.2) is 11.5 Å². The first-order chi connectivity index (χ1) is 22.4. The average molecular weight is 622 g/mol. The Bertz CT molecular complexity index is 1840. The van der Waals surface area contributed by atoms with Crippen molar-refractivity contribution in [2.75, 3.05) is 48.9 Å². The summed E-state index contributed by atoms with van der Waals surface area (Å²) in [6.07, 6.45) is 0.657. The summed E-state index contributed by atoms with van der Waals surface area (Å²) in [5.74, 6) is 2.09. The number of ether oxygens (including phenoxy) is 3. The standard InChI is InChI=1S/C35H35N5O6/c1-44-26-7-4-6-25(16-26)37-35(43)38-28-15-23(34(42)36-17-27-21-45-31-9-2-3-10-32(31)46-27)12-13-30(28)39-18-22-14-24(20-39)29-8-5-11-33(41)40(29)19-22/h2-13,15-16,22,24,27H,14,17-21H2,1H3,(H,36,42)(H2,37,38,43). The van der Waals surface area contributed by atoms with Crippen LogP contribution in [-0.2, 0) is 6.54 Å². The molecule has 3 N–H and O–H groups in total. The van der Waals surface area contributed by atoms with Crippen LogP contribution in [0.5, 0.6) is 17.2 Å². The monoisotopic (exact) mass is 621 g/mol. The van der Waals surface area contributed by atoms with Crippen molar-refractivity contribution in [3.63, 3.8) is 0 Å². The van der Waals surface area contributed by atoms with Crippen molar-refractivity contribution in [3.8, 4) is 17.2 Å². The van der Waals surface area contributed by atoms with E-state index in [-0.39, 0.29) is 36.0 Å². The number of hydrogen-bond acceptors (Lipinski definition) is 7. The van der Waals surface area contributed by atoms with E-state index >= 15 is 0 Å². The highest BCUT2D eigenvalue weighted by molar-refractivity contribution is 6.04. The summed E-state index contributed by atoms with van der Waals surface area (Å²) >= 11 is 0. The van der Waals surface area contributed by atoms with E-state index in [0.29, 0.717) is 53.9 Å². The number of piperidine rings is 1. The first-order valence-electron chi connectivity index (χ1n) is 15.4. The third kappa shape index (κ3) is 6.08. The van der Waals surface area contributed by atoms with Crippen LogP contribution in [0.15, 0.2) is 89.7 Å². The summed E-state index contributed by atoms with van der Waals surface area (Å²) in [4.78, 5) is 41.4. The quantitative estimate of drug-likeness (QED) is 0.274. The molecule has 3 aromatic carbocycles. The zero-order valence-corrected chi connectivity index (χ0v) is 25.4. The molecule has 7 rings (SSSR count). The van der Waals surface area contributed by atoms with Gasteiger partial charge >= 0.3 is 6.03 Å². The molecule has 0 spiro atoms. The van der Waals surface area contributed by atoms with Crippen LogP contribution in [0.4, 0.5) is 21.9 Å². The maximum Gasteiger partial charge on any atom is 0.323 e. The number of para-hydroxylation sites is 2. The van der Waals surface area contributed by atoms with E-state index < -0.39 is 6.03 Å². The minimum absolute atomic E-state index is 0.0296. The molecule has 3 unspecified atom stereocenters. The molecular weight excluding hydrogens is 586 g/mol. The third-order valence-corrected chi connectivity index (χ3v) is 8.71. The minimum atomic E-state index is -0.451. The van der Waals surface area contributed by atoms with E-state index in [1.54, 1.807) is 49.6 Å². The molecule has 1 aromatic heterocycles. The smallest absolute Gasteiger partial charge is 0.323 e. The molecule has 11 nitrogen and oxygen atoms in total. The van der Waals surface area contributed by atoms with Gasteiger partial charge in [0, 0.05) is 54.6 Å². The zero-order valence-electron chi connectivity index (χ0n) is 25.4. The Hall–Kier alpha value is -5.45. The Morgan fingerprint density at radius 1 is 0.913 bits per heavy atom. The summed E-state index contributed by atoms with van der Waals surface area (Å²) in [7, 11) is 1.57. The maximum absolute atomic E-state index is 13.4. The van der Waals surface area contributed by atoms with Crippen LogP contribution < -0.4 is 40.6 Å². The van der Waals surface area contributed by atoms with Gasteiger partial charge in [0.25, 0.3) is 11.5 Å². The maximum atomic E-state index is 13.4. The Balaban J connectivity index is 1.11. The van der Waals surface area contributed by atoms with Gasteiger partial charge in [-0.1, -0.05) is 24.3 Å². The Morgan fingerprint density at radius 3 is 2.63 bits per heavy atom. The fourth-order valence-electron chi connectivity index (χ4n) is 6.60. The third-order valence-electron chi connectivity index (χ3n) is 8.71. The Kier molecular flexibility index (Phi) is 7.96. The van der Waals surface area contributed by atoms with Gasteiger partial charge in [-0.2, -0.15) is 0 Å². The number of pyridine rings is 1. The molecule has 3 aliphatic rings. The number of nitrogens with zero attached hydrogens (tertiary/aromatic N) is 2. The van der Waals surface area contributed by atoms with E-state index in [9.17, 15) is 14.4 Å². The number of hydrogen-bond donors (Lipinski definition) is 3. The van der Waals surface area contributed by atoms with Crippen LogP contribution in [-0.4, -0.2) is 56.0 Å². The van der Waals surface area contributed by atoms with Crippen molar-refractivity contribution in [1.29, 1.82) is 0 Å². The van der Waals surface area contributed by atoms with E-state index in [1.165, 1.54) is 0 Å². The van der Waals surface area contributed by atoms with Crippen LogP contribution in [0.2, 0.25) is 0 Å². The van der Waals surface area contributed by atoms with Crippen LogP contribution in [0.25, 0.3) is 0 Å². The summed E-state index contributed by atoms with van der Waals surface area (Å²) in [6.45, 7) is 2.62. The molecule has 3 aliphatic heterocycles. The number of benzene rings is 3. The summed E-state index contributed by atoms with van der Waals surface area (Å²) in [5, 5.41) is 8.80. The van der Waals surface area contributed by atoms with Crippen molar-refractivity contribution in [1.82, 2.24) is 9.88 Å². The number of methoxy groups -OCH3 is 1. The molecule has 11 heteroatoms. The van der Waals surface area contributed by atoms with Gasteiger partial charge in [0.05, 0.1) is 25.0 Å². The molecular formula is C35H35N5O6. The molecule has 0 saturated carbocycles. The van der Waals surface area contributed by atoms with Gasteiger partial charge in [0.1, 0.15) is 18.5 Å². The minimum Gasteiger partial charge on any atom is -0.497 e. The van der Waals surface area contributed by atoms with Gasteiger partial charge in [-0.3, -0.25) is 9.59 Å². The number of nitrogens with one attached hydrogen (secondary N) is 3. The van der Waals surface area contributed by atoms with E-state index in [4.69, 9.17) is 14.2 Å². The normalized spacial score (nSPS) is 19.4. The second-order valence-electron chi connectivity index (χ2n) is 11.9. The molecule has 3 atom stereocenters. The van der Waals surface area contributed by atoms with E-state index in [2.05, 4.69) is 20.9 Å². The fraction of sp³-hybridized carbons (Fsp3) is 0.286. The summed E-state index contributed by atoms with van der Waals surface area (Å²) in [5.41, 5.74) is 3.34. The number of urea groups is 1. The lowest BCUT2D eigenvalue weighted by molar-refractivity contribution is 0.0789. The van der Waals surface area contributed by atoms with Crippen LogP contribution >= 0.6 is 0 Å². The Morgan fingerprint density at radius 2 is 1.76 bits per heavy atom. The highest BCUT2D eigenvalue weighted by Crippen LogP contribution is 2.39. The summed E-state index contributed by atoms with van der Waals surface area (Å²) in [6, 6.07) is 24.9. The first-order valence-corrected chi connectivity index (χ1v) is 15.4. The molecule has 3 amide bonds. The van der Waals surface area contributed by atoms with Crippen molar-refractivity contribution < 1.29 is 23.8 Å². The molecule has 4 heterocycles. The molecule has 0 aliphatic carbocycles. The van der Waals surface area contributed by atoms with E-state index in [0.717, 1.165) is 24.3 Å². The molecule has 236 valence electrons. The SMILES string of the molecule is COc1cccc(NC(=O)Nc2cc(C(=O)NCC3COc4ccccc4O3)ccc2N2CC3CC(C2)c2cccc(=O)n2C3)c1. The van der Waals surface area contributed by atoms with Gasteiger partial charge in [-0.25, -0.2) is 4.79 Å². The second kappa shape index (κ2) is 12.5. The predicted molar refractivity (Wildman–Crippen MR) is 175 cm³/mol. The van der Waals surface area contributed by atoms with Crippen LogP contribution in [0.1, 0.15) is 28.4 Å². The molecule has 4 aromatic rings. The number of aromatic nitrogens is 1. The molecule has 1 saturated heterocycles. The lowest BCUT2D eigenvalue weighted by atomic mass is 9.83. The largest absolute Gasteiger partial charge is 0.497 e. The van der Waals surface area contributed by atoms with E-state index in [1.807, 2.05) is 47.0 Å². The van der Waals surface area contributed by atoms with Crippen molar-refractivity contribution in [2.45, 2.75) is 25.0 Å². The lowest BCUT2D eigenvalue weighted by Crippen LogP contribution is -2.47. The van der Waals surface area contributed by atoms with Crippen molar-refractivity contribution >= 4 is 29.0 Å². The molecule has 0 radical (unpaired) electrons. The number of carbonyl (C=O) groups excluding carboxylic acids is 2. The zero-order chi connectivity index (χ0) is 31.6. The number of amides is 3. The van der Waals surface area contributed by atoms with Crippen LogP contribution in [0, 0.1) is 5.92 Å². The number of rotatable bonds is 7. The topological polar surface area (TPSA) is 123 Å². The van der Waals surface area contributed by atoms with Crippen molar-refractivity contribution in [2.24, 2.45) is 5.92 Å². The molecule has 2 bridgehead atoms. The van der Waals surface area contributed by atoms with Crippen LogP contribution in [0.3, 0.4) is 0 Å². The van der Waals surface area contributed by atoms with Gasteiger partial charge in [0.2, 0.25) is 0 Å². The van der Waals surface area contributed by atoms with Gasteiger partial charge in [-0.15, -0.1) is 0 Å². The fourth-order valence-corrected chi connectivity index (χ4v) is 6.60. The molecule has 46 heavy (non-hydrogen) atoms. The first kappa shape index (κ1) is 29.3. The van der Waals surface area contributed by atoms with Gasteiger partial charge in [-0.05, 0) is 60.9 Å². The van der Waals surface area contributed by atoms with Gasteiger partial charge < -0.3 is 39.6 Å². The summed E-state index contributed by atoms with van der Waals surface area (Å²) < 4.78 is 19.0. The highest BCUT2D eigenvalue weighted by Gasteiger charge is 2.35. The lowest BCUT2D eigenvalue weighted by Gasteiger charge is -2.44. The molecule has 1 fully saturated rings. The predicted octanol–water partition coefficient (Wildman–Crippen LogP) is 4.69. The number of anilines is 3. The second-order valence-corrected chi connectivity index (χ2v) is 11.9. The average Bonchev–Trinajstić information content (AvgIpc) is 3.07. The van der Waals surface area contributed by atoms with Crippen molar-refractivity contribution in [3.05, 3.63) is 107 Å². The Labute approximate surface area is 266 Å².